The smallest absolute Gasteiger partial charge is 0.545 e. The van der Waals surface area contributed by atoms with Crippen molar-refractivity contribution in [3.8, 4) is 11.5 Å². The summed E-state index contributed by atoms with van der Waals surface area (Å²) in [5.74, 6) is -1.56. The molecule has 0 saturated heterocycles. The average molecular weight is 553 g/mol. The van der Waals surface area contributed by atoms with E-state index in [1.165, 1.54) is 0 Å². The summed E-state index contributed by atoms with van der Waals surface area (Å²) in [7, 11) is 0. The van der Waals surface area contributed by atoms with Crippen LogP contribution in [0.5, 0.6) is 11.5 Å². The zero-order valence-electron chi connectivity index (χ0n) is 21.3. The molecule has 0 spiro atoms. The van der Waals surface area contributed by atoms with Crippen LogP contribution in [0.2, 0.25) is 0 Å². The Morgan fingerprint density at radius 1 is 0.872 bits per heavy atom. The molecule has 0 aliphatic carbocycles. The molecule has 0 fully saturated rings. The van der Waals surface area contributed by atoms with Gasteiger partial charge in [-0.25, -0.2) is 4.79 Å². The Labute approximate surface area is 250 Å². The summed E-state index contributed by atoms with van der Waals surface area (Å²) in [6.07, 6.45) is -0.0347. The maximum Gasteiger partial charge on any atom is 1.00 e. The van der Waals surface area contributed by atoms with Crippen molar-refractivity contribution in [2.24, 2.45) is 0 Å². The maximum absolute atomic E-state index is 13.9. The van der Waals surface area contributed by atoms with Gasteiger partial charge in [0, 0.05) is 23.1 Å². The monoisotopic (exact) mass is 552 g/mol. The number of carbonyl (C=O) groups is 3. The molecule has 0 unspecified atom stereocenters. The number of aliphatic carboxylic acids is 1. The molecule has 11 heteroatoms. The molecule has 39 heavy (non-hydrogen) atoms. The second-order valence-corrected chi connectivity index (χ2v) is 8.92. The largest absolute Gasteiger partial charge is 1.00 e. The molecule has 0 saturated carbocycles. The van der Waals surface area contributed by atoms with E-state index in [2.05, 4.69) is 8.75 Å². The van der Waals surface area contributed by atoms with Crippen LogP contribution < -0.4 is 44.1 Å². The molecule has 1 aliphatic heterocycles. The SMILES string of the molecule is CCOC(=O)c1ccc(C/C(C(=O)c2ccc3c(c2)OCCO3)=C(\C(=O)[O-])c2ccc3nsnc3c2)cc1.[Na+]. The molecular formula is C28H21N2NaO7S. The molecule has 0 amide bonds. The van der Waals surface area contributed by atoms with Gasteiger partial charge < -0.3 is 24.1 Å². The number of hydrogen-bond acceptors (Lipinski definition) is 10. The molecular weight excluding hydrogens is 531 g/mol. The number of carbonyl (C=O) groups excluding carboxylic acids is 3. The summed E-state index contributed by atoms with van der Waals surface area (Å²) in [5, 5.41) is 12.5. The quantitative estimate of drug-likeness (QED) is 0.131. The van der Waals surface area contributed by atoms with Gasteiger partial charge in [-0.3, -0.25) is 4.79 Å². The van der Waals surface area contributed by atoms with Gasteiger partial charge in [-0.1, -0.05) is 18.2 Å². The molecule has 1 aromatic heterocycles. The first-order valence-electron chi connectivity index (χ1n) is 11.8. The Morgan fingerprint density at radius 2 is 1.54 bits per heavy atom. The van der Waals surface area contributed by atoms with Crippen LogP contribution in [0.15, 0.2) is 66.2 Å². The number of rotatable bonds is 8. The zero-order valence-corrected chi connectivity index (χ0v) is 24.1. The third-order valence-corrected chi connectivity index (χ3v) is 6.53. The van der Waals surface area contributed by atoms with Crippen LogP contribution in [-0.2, 0) is 16.0 Å². The van der Waals surface area contributed by atoms with E-state index in [9.17, 15) is 19.5 Å². The van der Waals surface area contributed by atoms with Crippen molar-refractivity contribution in [2.75, 3.05) is 19.8 Å². The number of hydrogen-bond donors (Lipinski definition) is 0. The molecule has 3 aromatic carbocycles. The number of ether oxygens (including phenoxy) is 3. The molecule has 192 valence electrons. The summed E-state index contributed by atoms with van der Waals surface area (Å²) in [6, 6.07) is 16.0. The van der Waals surface area contributed by atoms with Gasteiger partial charge in [0.1, 0.15) is 24.2 Å². The van der Waals surface area contributed by atoms with Crippen LogP contribution in [0, 0.1) is 0 Å². The van der Waals surface area contributed by atoms with Crippen molar-refractivity contribution >= 4 is 46.1 Å². The summed E-state index contributed by atoms with van der Waals surface area (Å²) >= 11 is 1.01. The fraction of sp³-hybridized carbons (Fsp3) is 0.179. The predicted molar refractivity (Wildman–Crippen MR) is 137 cm³/mol. The van der Waals surface area contributed by atoms with E-state index in [1.807, 2.05) is 0 Å². The van der Waals surface area contributed by atoms with Gasteiger partial charge in [0.2, 0.25) is 0 Å². The van der Waals surface area contributed by atoms with Crippen molar-refractivity contribution in [3.05, 3.63) is 88.5 Å². The minimum atomic E-state index is -1.50. The number of aromatic nitrogens is 2. The summed E-state index contributed by atoms with van der Waals surface area (Å²) in [4.78, 5) is 38.5. The predicted octanol–water partition coefficient (Wildman–Crippen LogP) is 0.272. The van der Waals surface area contributed by atoms with E-state index in [1.54, 1.807) is 67.6 Å². The van der Waals surface area contributed by atoms with E-state index < -0.39 is 17.7 Å². The number of carboxylic acids is 1. The Hall–Kier alpha value is -3.57. The average Bonchev–Trinajstić information content (AvgIpc) is 3.40. The van der Waals surface area contributed by atoms with Crippen LogP contribution in [0.3, 0.4) is 0 Å². The fourth-order valence-electron chi connectivity index (χ4n) is 4.17. The maximum atomic E-state index is 13.9. The molecule has 0 N–H and O–H groups in total. The molecule has 0 radical (unpaired) electrons. The number of ketones is 1. The number of nitrogens with zero attached hydrogens (tertiary/aromatic N) is 2. The zero-order chi connectivity index (χ0) is 26.6. The second kappa shape index (κ2) is 12.5. The Balaban J connectivity index is 0.00000353. The molecule has 4 aromatic rings. The van der Waals surface area contributed by atoms with Gasteiger partial charge >= 0.3 is 35.5 Å². The Kier molecular flexibility index (Phi) is 9.13. The number of allylic oxidation sites excluding steroid dienone is 1. The molecule has 1 aliphatic rings. The van der Waals surface area contributed by atoms with Crippen LogP contribution in [0.1, 0.15) is 38.8 Å². The van der Waals surface area contributed by atoms with Gasteiger partial charge in [-0.15, -0.1) is 0 Å². The normalized spacial score (nSPS) is 12.7. The third kappa shape index (κ3) is 6.20. The molecule has 5 rings (SSSR count). The molecule has 0 bridgehead atoms. The Morgan fingerprint density at radius 3 is 2.26 bits per heavy atom. The summed E-state index contributed by atoms with van der Waals surface area (Å²) in [5.41, 5.74) is 2.36. The number of Topliss-reactive ketones (excluding diaryl/α,β-unsaturated/α-hetero) is 1. The Bertz CT molecular complexity index is 1580. The topological polar surface area (TPSA) is 128 Å². The molecule has 0 atom stereocenters. The van der Waals surface area contributed by atoms with Crippen molar-refractivity contribution in [1.82, 2.24) is 8.75 Å². The number of benzene rings is 3. The van der Waals surface area contributed by atoms with Crippen LogP contribution >= 0.6 is 11.7 Å². The summed E-state index contributed by atoms with van der Waals surface area (Å²) < 4.78 is 24.5. The first-order chi connectivity index (χ1) is 18.4. The van der Waals surface area contributed by atoms with Gasteiger partial charge in [0.05, 0.1) is 29.9 Å². The van der Waals surface area contributed by atoms with Gasteiger partial charge in [0.25, 0.3) is 0 Å². The number of carboxylic acid groups (broad SMARTS) is 1. The van der Waals surface area contributed by atoms with E-state index in [0.717, 1.165) is 11.7 Å². The van der Waals surface area contributed by atoms with E-state index in [0.29, 0.717) is 46.9 Å². The van der Waals surface area contributed by atoms with Gasteiger partial charge in [-0.05, 0) is 60.5 Å². The van der Waals surface area contributed by atoms with Crippen LogP contribution in [-0.4, -0.2) is 46.3 Å². The minimum Gasteiger partial charge on any atom is -0.545 e. The first-order valence-corrected chi connectivity index (χ1v) is 12.5. The van der Waals surface area contributed by atoms with Gasteiger partial charge in [-0.2, -0.15) is 8.75 Å². The van der Waals surface area contributed by atoms with Gasteiger partial charge in [0.15, 0.2) is 17.3 Å². The molecule has 9 nitrogen and oxygen atoms in total. The van der Waals surface area contributed by atoms with E-state index >= 15 is 0 Å². The number of esters is 1. The fourth-order valence-corrected chi connectivity index (χ4v) is 4.69. The second-order valence-electron chi connectivity index (χ2n) is 8.39. The first kappa shape index (κ1) is 28.4. The van der Waals surface area contributed by atoms with Crippen LogP contribution in [0.25, 0.3) is 16.6 Å². The number of fused-ring (bicyclic) bond motifs is 2. The van der Waals surface area contributed by atoms with Crippen LogP contribution in [0.4, 0.5) is 0 Å². The van der Waals surface area contributed by atoms with Crippen molar-refractivity contribution in [2.45, 2.75) is 13.3 Å². The van der Waals surface area contributed by atoms with E-state index in [4.69, 9.17) is 14.2 Å². The van der Waals surface area contributed by atoms with Crippen molar-refractivity contribution < 1.29 is 63.3 Å². The molecule has 2 heterocycles. The van der Waals surface area contributed by atoms with E-state index in [-0.39, 0.29) is 64.9 Å². The third-order valence-electron chi connectivity index (χ3n) is 5.97. The van der Waals surface area contributed by atoms with Crippen molar-refractivity contribution in [3.63, 3.8) is 0 Å². The summed E-state index contributed by atoms with van der Waals surface area (Å²) in [6.45, 7) is 2.70. The van der Waals surface area contributed by atoms with Crippen molar-refractivity contribution in [1.29, 1.82) is 0 Å². The minimum absolute atomic E-state index is 0. The standard InChI is InChI=1S/C28H22N2O7S.Na/c1-2-35-28(34)17-5-3-16(4-6-17)13-20(26(31)19-8-10-23-24(15-19)37-12-11-36-23)25(27(32)33)18-7-9-21-22(14-18)30-38-29-21;/h3-10,14-15H,2,11-13H2,1H3,(H,32,33);/q;+1/p-1/b25-20+;.